The van der Waals surface area contributed by atoms with Crippen LogP contribution in [0.4, 0.5) is 5.69 Å². The molecule has 0 amide bonds. The van der Waals surface area contributed by atoms with Crippen molar-refractivity contribution < 1.29 is 4.74 Å². The summed E-state index contributed by atoms with van der Waals surface area (Å²) in [5.74, 6) is 0. The number of hydrogen-bond acceptors (Lipinski definition) is 3. The zero-order valence-corrected chi connectivity index (χ0v) is 9.98. The van der Waals surface area contributed by atoms with Gasteiger partial charge in [0.1, 0.15) is 0 Å². The SMILES string of the molecule is N#Cc1cccc(NCCOC2CCCC2)c1. The first kappa shape index (κ1) is 11.9. The molecular weight excluding hydrogens is 212 g/mol. The van der Waals surface area contributed by atoms with E-state index in [1.54, 1.807) is 6.07 Å². The van der Waals surface area contributed by atoms with Crippen LogP contribution in [-0.4, -0.2) is 19.3 Å². The molecule has 1 aliphatic rings. The van der Waals surface area contributed by atoms with Gasteiger partial charge >= 0.3 is 0 Å². The number of nitrogens with one attached hydrogen (secondary N) is 1. The predicted octanol–water partition coefficient (Wildman–Crippen LogP) is 2.93. The van der Waals surface area contributed by atoms with Crippen molar-refractivity contribution in [2.45, 2.75) is 31.8 Å². The number of rotatable bonds is 5. The fraction of sp³-hybridized carbons (Fsp3) is 0.500. The van der Waals surface area contributed by atoms with E-state index >= 15 is 0 Å². The van der Waals surface area contributed by atoms with Crippen LogP contribution in [0, 0.1) is 11.3 Å². The second-order valence-corrected chi connectivity index (χ2v) is 4.40. The Labute approximate surface area is 102 Å². The van der Waals surface area contributed by atoms with Crippen LogP contribution >= 0.6 is 0 Å². The van der Waals surface area contributed by atoms with E-state index in [9.17, 15) is 0 Å². The molecule has 0 bridgehead atoms. The highest BCUT2D eigenvalue weighted by Gasteiger charge is 2.14. The lowest BCUT2D eigenvalue weighted by molar-refractivity contribution is 0.0659. The largest absolute Gasteiger partial charge is 0.383 e. The van der Waals surface area contributed by atoms with Gasteiger partial charge in [-0.3, -0.25) is 0 Å². The molecule has 1 aromatic rings. The molecule has 1 saturated carbocycles. The first-order chi connectivity index (χ1) is 8.38. The van der Waals surface area contributed by atoms with E-state index in [1.807, 2.05) is 18.2 Å². The molecule has 3 heteroatoms. The van der Waals surface area contributed by atoms with Gasteiger partial charge < -0.3 is 10.1 Å². The van der Waals surface area contributed by atoms with Crippen LogP contribution in [0.5, 0.6) is 0 Å². The molecule has 3 nitrogen and oxygen atoms in total. The third-order valence-corrected chi connectivity index (χ3v) is 3.08. The summed E-state index contributed by atoms with van der Waals surface area (Å²) in [4.78, 5) is 0. The minimum Gasteiger partial charge on any atom is -0.383 e. The minimum atomic E-state index is 0.474. The highest BCUT2D eigenvalue weighted by atomic mass is 16.5. The van der Waals surface area contributed by atoms with E-state index in [-0.39, 0.29) is 0 Å². The van der Waals surface area contributed by atoms with Crippen molar-refractivity contribution in [3.63, 3.8) is 0 Å². The van der Waals surface area contributed by atoms with Crippen LogP contribution in [-0.2, 0) is 4.74 Å². The molecule has 0 unspecified atom stereocenters. The van der Waals surface area contributed by atoms with Gasteiger partial charge in [0.15, 0.2) is 0 Å². The first-order valence-corrected chi connectivity index (χ1v) is 6.24. The number of nitriles is 1. The Morgan fingerprint density at radius 2 is 2.18 bits per heavy atom. The Kier molecular flexibility index (Phi) is 4.40. The molecule has 1 fully saturated rings. The zero-order chi connectivity index (χ0) is 11.9. The highest BCUT2D eigenvalue weighted by Crippen LogP contribution is 2.20. The zero-order valence-electron chi connectivity index (χ0n) is 9.98. The standard InChI is InChI=1S/C14H18N2O/c15-11-12-4-3-5-13(10-12)16-8-9-17-14-6-1-2-7-14/h3-5,10,14,16H,1-2,6-9H2. The van der Waals surface area contributed by atoms with Crippen LogP contribution in [0.3, 0.4) is 0 Å². The maximum Gasteiger partial charge on any atom is 0.0992 e. The second kappa shape index (κ2) is 6.27. The molecule has 1 aliphatic carbocycles. The molecule has 0 spiro atoms. The number of nitrogens with zero attached hydrogens (tertiary/aromatic N) is 1. The van der Waals surface area contributed by atoms with Gasteiger partial charge in [0.2, 0.25) is 0 Å². The van der Waals surface area contributed by atoms with Crippen molar-refractivity contribution >= 4 is 5.69 Å². The normalized spacial score (nSPS) is 15.7. The molecule has 0 aliphatic heterocycles. The molecule has 0 heterocycles. The molecule has 17 heavy (non-hydrogen) atoms. The van der Waals surface area contributed by atoms with Crippen molar-refractivity contribution in [2.75, 3.05) is 18.5 Å². The van der Waals surface area contributed by atoms with Gasteiger partial charge in [0.05, 0.1) is 24.3 Å². The summed E-state index contributed by atoms with van der Waals surface area (Å²) < 4.78 is 5.75. The molecule has 90 valence electrons. The van der Waals surface area contributed by atoms with Gasteiger partial charge in [0, 0.05) is 12.2 Å². The molecular formula is C14H18N2O. The topological polar surface area (TPSA) is 45.0 Å². The first-order valence-electron chi connectivity index (χ1n) is 6.24. The summed E-state index contributed by atoms with van der Waals surface area (Å²) in [5, 5.41) is 12.0. The average molecular weight is 230 g/mol. The smallest absolute Gasteiger partial charge is 0.0992 e. The van der Waals surface area contributed by atoms with Crippen LogP contribution in [0.2, 0.25) is 0 Å². The van der Waals surface area contributed by atoms with Gasteiger partial charge in [-0.15, -0.1) is 0 Å². The van der Waals surface area contributed by atoms with Crippen LogP contribution in [0.25, 0.3) is 0 Å². The Morgan fingerprint density at radius 1 is 1.35 bits per heavy atom. The van der Waals surface area contributed by atoms with E-state index in [0.717, 1.165) is 18.8 Å². The monoisotopic (exact) mass is 230 g/mol. The van der Waals surface area contributed by atoms with Gasteiger partial charge in [-0.2, -0.15) is 5.26 Å². The summed E-state index contributed by atoms with van der Waals surface area (Å²) in [7, 11) is 0. The van der Waals surface area contributed by atoms with Gasteiger partial charge in [-0.1, -0.05) is 18.9 Å². The van der Waals surface area contributed by atoms with Crippen LogP contribution < -0.4 is 5.32 Å². The lowest BCUT2D eigenvalue weighted by Gasteiger charge is -2.12. The van der Waals surface area contributed by atoms with Gasteiger partial charge in [-0.05, 0) is 31.0 Å². The lowest BCUT2D eigenvalue weighted by atomic mass is 10.2. The van der Waals surface area contributed by atoms with Crippen molar-refractivity contribution in [1.82, 2.24) is 0 Å². The minimum absolute atomic E-state index is 0.474. The molecule has 1 N–H and O–H groups in total. The Balaban J connectivity index is 1.68. The lowest BCUT2D eigenvalue weighted by Crippen LogP contribution is -2.15. The molecule has 0 saturated heterocycles. The van der Waals surface area contributed by atoms with Crippen LogP contribution in [0.15, 0.2) is 24.3 Å². The highest BCUT2D eigenvalue weighted by molar-refractivity contribution is 5.48. The van der Waals surface area contributed by atoms with Crippen molar-refractivity contribution in [3.05, 3.63) is 29.8 Å². The molecule has 0 atom stereocenters. The summed E-state index contributed by atoms with van der Waals surface area (Å²) in [6.07, 6.45) is 5.51. The Hall–Kier alpha value is -1.53. The summed E-state index contributed by atoms with van der Waals surface area (Å²) in [6, 6.07) is 9.65. The Morgan fingerprint density at radius 3 is 2.94 bits per heavy atom. The third kappa shape index (κ3) is 3.76. The molecule has 2 rings (SSSR count). The van der Waals surface area contributed by atoms with Gasteiger partial charge in [-0.25, -0.2) is 0 Å². The van der Waals surface area contributed by atoms with Crippen LogP contribution in [0.1, 0.15) is 31.2 Å². The fourth-order valence-corrected chi connectivity index (χ4v) is 2.17. The van der Waals surface area contributed by atoms with Gasteiger partial charge in [0.25, 0.3) is 0 Å². The molecule has 0 aromatic heterocycles. The summed E-state index contributed by atoms with van der Waals surface area (Å²) >= 11 is 0. The second-order valence-electron chi connectivity index (χ2n) is 4.40. The maximum atomic E-state index is 8.77. The number of ether oxygens (including phenoxy) is 1. The number of benzene rings is 1. The summed E-state index contributed by atoms with van der Waals surface area (Å²) in [5.41, 5.74) is 1.67. The van der Waals surface area contributed by atoms with Crippen molar-refractivity contribution in [1.29, 1.82) is 5.26 Å². The fourth-order valence-electron chi connectivity index (χ4n) is 2.17. The number of hydrogen-bond donors (Lipinski definition) is 1. The number of anilines is 1. The van der Waals surface area contributed by atoms with Crippen molar-refractivity contribution in [3.8, 4) is 6.07 Å². The predicted molar refractivity (Wildman–Crippen MR) is 67.9 cm³/mol. The van der Waals surface area contributed by atoms with E-state index in [1.165, 1.54) is 25.7 Å². The van der Waals surface area contributed by atoms with E-state index < -0.39 is 0 Å². The average Bonchev–Trinajstić information content (AvgIpc) is 2.88. The van der Waals surface area contributed by atoms with E-state index in [2.05, 4.69) is 11.4 Å². The Bertz CT molecular complexity index is 391. The molecule has 0 radical (unpaired) electrons. The molecule has 1 aromatic carbocycles. The van der Waals surface area contributed by atoms with E-state index in [0.29, 0.717) is 11.7 Å². The maximum absolute atomic E-state index is 8.77. The van der Waals surface area contributed by atoms with Crippen molar-refractivity contribution in [2.24, 2.45) is 0 Å². The van der Waals surface area contributed by atoms with E-state index in [4.69, 9.17) is 10.00 Å². The third-order valence-electron chi connectivity index (χ3n) is 3.08. The summed E-state index contributed by atoms with van der Waals surface area (Å²) in [6.45, 7) is 1.53. The quantitative estimate of drug-likeness (QED) is 0.791.